The maximum atomic E-state index is 12.7. The lowest BCUT2D eigenvalue weighted by Gasteiger charge is -2.11. The second kappa shape index (κ2) is 4.15. The van der Waals surface area contributed by atoms with Gasteiger partial charge in [-0.05, 0) is 24.7 Å². The molecule has 0 amide bonds. The maximum Gasteiger partial charge on any atom is 0.325 e. The molecule has 76 valence electrons. The highest BCUT2D eigenvalue weighted by atomic mass is 19.2. The van der Waals surface area contributed by atoms with Gasteiger partial charge in [0.15, 0.2) is 11.6 Å². The fourth-order valence-electron chi connectivity index (χ4n) is 1.12. The molecule has 0 heterocycles. The number of carboxylic acid groups (broad SMARTS) is 1. The lowest BCUT2D eigenvalue weighted by atomic mass is 10.1. The van der Waals surface area contributed by atoms with Gasteiger partial charge in [0.2, 0.25) is 0 Å². The quantitative estimate of drug-likeness (QED) is 0.775. The Morgan fingerprint density at radius 1 is 1.43 bits per heavy atom. The van der Waals surface area contributed by atoms with Crippen LogP contribution in [-0.2, 0) is 4.79 Å². The van der Waals surface area contributed by atoms with E-state index in [-0.39, 0.29) is 5.56 Å². The molecule has 0 unspecified atom stereocenters. The van der Waals surface area contributed by atoms with Gasteiger partial charge in [0.1, 0.15) is 6.04 Å². The molecule has 0 aromatic heterocycles. The van der Waals surface area contributed by atoms with E-state index in [9.17, 15) is 13.6 Å². The van der Waals surface area contributed by atoms with Crippen molar-refractivity contribution in [2.24, 2.45) is 0 Å². The van der Waals surface area contributed by atoms with E-state index >= 15 is 0 Å². The fraction of sp³-hybridized carbons (Fsp3) is 0.222. The van der Waals surface area contributed by atoms with E-state index in [0.717, 1.165) is 12.1 Å². The minimum Gasteiger partial charge on any atom is -0.480 e. The third-order valence-corrected chi connectivity index (χ3v) is 1.81. The van der Waals surface area contributed by atoms with Gasteiger partial charge in [0.05, 0.1) is 0 Å². The minimum absolute atomic E-state index is 0.180. The monoisotopic (exact) mass is 201 g/mol. The van der Waals surface area contributed by atoms with E-state index < -0.39 is 23.6 Å². The Morgan fingerprint density at radius 2 is 2.07 bits per heavy atom. The molecule has 14 heavy (non-hydrogen) atoms. The van der Waals surface area contributed by atoms with Crippen LogP contribution in [-0.4, -0.2) is 18.1 Å². The van der Waals surface area contributed by atoms with E-state index in [1.165, 1.54) is 13.1 Å². The number of hydrogen-bond donors (Lipinski definition) is 2. The summed E-state index contributed by atoms with van der Waals surface area (Å²) in [6.45, 7) is 0. The first-order valence-electron chi connectivity index (χ1n) is 3.91. The highest BCUT2D eigenvalue weighted by Crippen LogP contribution is 2.16. The molecule has 0 saturated carbocycles. The van der Waals surface area contributed by atoms with Gasteiger partial charge in [0.25, 0.3) is 0 Å². The van der Waals surface area contributed by atoms with E-state index in [4.69, 9.17) is 5.11 Å². The first kappa shape index (κ1) is 10.6. The van der Waals surface area contributed by atoms with Crippen LogP contribution in [0.4, 0.5) is 8.78 Å². The molecule has 0 aliphatic heterocycles. The number of likely N-dealkylation sites (N-methyl/N-ethyl adjacent to an activating group) is 1. The van der Waals surface area contributed by atoms with Gasteiger partial charge in [0, 0.05) is 0 Å². The average molecular weight is 201 g/mol. The number of halogens is 2. The Balaban J connectivity index is 3.06. The van der Waals surface area contributed by atoms with Gasteiger partial charge in [-0.3, -0.25) is 4.79 Å². The lowest BCUT2D eigenvalue weighted by molar-refractivity contribution is -0.139. The summed E-state index contributed by atoms with van der Waals surface area (Å²) in [6.07, 6.45) is 0. The number of carboxylic acids is 1. The molecule has 3 nitrogen and oxygen atoms in total. The molecule has 0 aliphatic carbocycles. The summed E-state index contributed by atoms with van der Waals surface area (Å²) in [5.41, 5.74) is 0.180. The topological polar surface area (TPSA) is 49.3 Å². The second-order valence-electron chi connectivity index (χ2n) is 2.73. The predicted octanol–water partition coefficient (Wildman–Crippen LogP) is 1.31. The fourth-order valence-corrected chi connectivity index (χ4v) is 1.12. The number of aliphatic carboxylic acids is 1. The molecular formula is C9H9F2NO2. The van der Waals surface area contributed by atoms with E-state index in [2.05, 4.69) is 5.32 Å². The summed E-state index contributed by atoms with van der Waals surface area (Å²) in [5, 5.41) is 11.2. The highest BCUT2D eigenvalue weighted by molar-refractivity contribution is 5.75. The molecule has 0 bridgehead atoms. The van der Waals surface area contributed by atoms with Crippen LogP contribution in [0, 0.1) is 11.6 Å². The van der Waals surface area contributed by atoms with Crippen molar-refractivity contribution in [1.82, 2.24) is 5.32 Å². The van der Waals surface area contributed by atoms with Crippen molar-refractivity contribution >= 4 is 5.97 Å². The normalized spacial score (nSPS) is 12.5. The van der Waals surface area contributed by atoms with Crippen molar-refractivity contribution < 1.29 is 18.7 Å². The number of benzene rings is 1. The molecule has 0 saturated heterocycles. The summed E-state index contributed by atoms with van der Waals surface area (Å²) in [5.74, 6) is -3.18. The largest absolute Gasteiger partial charge is 0.480 e. The standard InChI is InChI=1S/C9H9F2NO2/c1-12-8(9(13)14)5-2-3-6(10)7(11)4-5/h2-4,8,12H,1H3,(H,13,14)/t8-/m0/s1. The van der Waals surface area contributed by atoms with Crippen molar-refractivity contribution in [3.8, 4) is 0 Å². The highest BCUT2D eigenvalue weighted by Gasteiger charge is 2.18. The van der Waals surface area contributed by atoms with Crippen molar-refractivity contribution in [3.05, 3.63) is 35.4 Å². The van der Waals surface area contributed by atoms with E-state index in [1.807, 2.05) is 0 Å². The molecule has 1 rings (SSSR count). The van der Waals surface area contributed by atoms with E-state index in [1.54, 1.807) is 0 Å². The predicted molar refractivity (Wildman–Crippen MR) is 45.8 cm³/mol. The molecule has 0 fully saturated rings. The first-order chi connectivity index (χ1) is 6.56. The zero-order valence-corrected chi connectivity index (χ0v) is 7.42. The van der Waals surface area contributed by atoms with Crippen LogP contribution in [0.2, 0.25) is 0 Å². The van der Waals surface area contributed by atoms with Gasteiger partial charge in [-0.1, -0.05) is 6.07 Å². The van der Waals surface area contributed by atoms with Crippen LogP contribution in [0.5, 0.6) is 0 Å². The second-order valence-corrected chi connectivity index (χ2v) is 2.73. The van der Waals surface area contributed by atoms with E-state index in [0.29, 0.717) is 0 Å². The Bertz CT molecular complexity index is 355. The zero-order chi connectivity index (χ0) is 10.7. The Kier molecular flexibility index (Phi) is 3.14. The smallest absolute Gasteiger partial charge is 0.325 e. The Hall–Kier alpha value is -1.49. The Labute approximate surface area is 79.4 Å². The van der Waals surface area contributed by atoms with Gasteiger partial charge >= 0.3 is 5.97 Å². The van der Waals surface area contributed by atoms with Crippen LogP contribution >= 0.6 is 0 Å². The minimum atomic E-state index is -1.14. The van der Waals surface area contributed by atoms with Crippen molar-refractivity contribution in [3.63, 3.8) is 0 Å². The third kappa shape index (κ3) is 2.05. The number of hydrogen-bond acceptors (Lipinski definition) is 2. The summed E-state index contributed by atoms with van der Waals surface area (Å²) < 4.78 is 25.3. The van der Waals surface area contributed by atoms with Crippen LogP contribution in [0.3, 0.4) is 0 Å². The lowest BCUT2D eigenvalue weighted by Crippen LogP contribution is -2.25. The molecule has 2 N–H and O–H groups in total. The Morgan fingerprint density at radius 3 is 2.50 bits per heavy atom. The van der Waals surface area contributed by atoms with Gasteiger partial charge < -0.3 is 10.4 Å². The molecular weight excluding hydrogens is 192 g/mol. The van der Waals surface area contributed by atoms with Crippen molar-refractivity contribution in [2.75, 3.05) is 7.05 Å². The van der Waals surface area contributed by atoms with Gasteiger partial charge in [-0.2, -0.15) is 0 Å². The van der Waals surface area contributed by atoms with Gasteiger partial charge in [-0.15, -0.1) is 0 Å². The molecule has 0 spiro atoms. The molecule has 0 radical (unpaired) electrons. The summed E-state index contributed by atoms with van der Waals surface area (Å²) >= 11 is 0. The van der Waals surface area contributed by atoms with Crippen molar-refractivity contribution in [1.29, 1.82) is 0 Å². The average Bonchev–Trinajstić information content (AvgIpc) is 2.11. The summed E-state index contributed by atoms with van der Waals surface area (Å²) in [6, 6.07) is 1.97. The number of nitrogens with one attached hydrogen (secondary N) is 1. The number of rotatable bonds is 3. The molecule has 1 aromatic carbocycles. The van der Waals surface area contributed by atoms with Crippen molar-refractivity contribution in [2.45, 2.75) is 6.04 Å². The summed E-state index contributed by atoms with van der Waals surface area (Å²) in [7, 11) is 1.43. The van der Waals surface area contributed by atoms with Crippen LogP contribution < -0.4 is 5.32 Å². The maximum absolute atomic E-state index is 12.7. The third-order valence-electron chi connectivity index (χ3n) is 1.81. The van der Waals surface area contributed by atoms with Crippen LogP contribution in [0.1, 0.15) is 11.6 Å². The van der Waals surface area contributed by atoms with Gasteiger partial charge in [-0.25, -0.2) is 8.78 Å². The number of carbonyl (C=O) groups is 1. The molecule has 1 atom stereocenters. The molecule has 5 heteroatoms. The zero-order valence-electron chi connectivity index (χ0n) is 7.42. The van der Waals surface area contributed by atoms with Crippen LogP contribution in [0.25, 0.3) is 0 Å². The first-order valence-corrected chi connectivity index (χ1v) is 3.91. The molecule has 1 aromatic rings. The molecule has 0 aliphatic rings. The SMILES string of the molecule is CN[C@H](C(=O)O)c1ccc(F)c(F)c1. The van der Waals surface area contributed by atoms with Crippen LogP contribution in [0.15, 0.2) is 18.2 Å². The summed E-state index contributed by atoms with van der Waals surface area (Å²) in [4.78, 5) is 10.6.